The number of ether oxygens (including phenoxy) is 1. The quantitative estimate of drug-likeness (QED) is 0.874. The molecule has 0 aliphatic carbocycles. The number of rotatable bonds is 6. The van der Waals surface area contributed by atoms with Crippen LogP contribution in [0.15, 0.2) is 12.1 Å². The summed E-state index contributed by atoms with van der Waals surface area (Å²) in [7, 11) is 4.16. The summed E-state index contributed by atoms with van der Waals surface area (Å²) in [6.45, 7) is 7.11. The molecule has 1 aliphatic rings. The molecule has 2 heterocycles. The Balaban J connectivity index is 2.04. The molecule has 1 saturated heterocycles. The molecule has 0 saturated carbocycles. The lowest BCUT2D eigenvalue weighted by molar-refractivity contribution is 0.122. The predicted molar refractivity (Wildman–Crippen MR) is 86.9 cm³/mol. The van der Waals surface area contributed by atoms with Crippen molar-refractivity contribution in [3.8, 4) is 5.88 Å². The molecule has 0 radical (unpaired) electrons. The summed E-state index contributed by atoms with van der Waals surface area (Å²) in [5, 5.41) is 3.20. The second-order valence-electron chi connectivity index (χ2n) is 6.36. The Morgan fingerprint density at radius 1 is 1.38 bits per heavy atom. The number of hydrogen-bond acceptors (Lipinski definition) is 4. The highest BCUT2D eigenvalue weighted by molar-refractivity contribution is 5.26. The fourth-order valence-electron chi connectivity index (χ4n) is 2.79. The molecule has 118 valence electrons. The average Bonchev–Trinajstić information content (AvgIpc) is 2.46. The Hall–Kier alpha value is -1.13. The smallest absolute Gasteiger partial charge is 0.213 e. The van der Waals surface area contributed by atoms with Gasteiger partial charge in [-0.2, -0.15) is 0 Å². The Kier molecular flexibility index (Phi) is 6.00. The highest BCUT2D eigenvalue weighted by atomic mass is 16.5. The van der Waals surface area contributed by atoms with Gasteiger partial charge in [-0.1, -0.05) is 20.3 Å². The summed E-state index contributed by atoms with van der Waals surface area (Å²) in [4.78, 5) is 7.06. The van der Waals surface area contributed by atoms with E-state index in [9.17, 15) is 0 Å². The normalized spacial score (nSPS) is 20.0. The first-order valence-electron chi connectivity index (χ1n) is 8.08. The van der Waals surface area contributed by atoms with E-state index in [0.717, 1.165) is 24.7 Å². The Morgan fingerprint density at radius 2 is 2.19 bits per heavy atom. The number of likely N-dealkylation sites (N-methyl/N-ethyl adjacent to an activating group) is 1. The number of likely N-dealkylation sites (tertiary alicyclic amines) is 1. The van der Waals surface area contributed by atoms with Gasteiger partial charge >= 0.3 is 0 Å². The minimum absolute atomic E-state index is 0.418. The standard InChI is InChI=1S/C17H29N3O/c1-13(2)16-9-14(11-18-3)10-17(19-16)21-12-15-7-5-6-8-20(15)4/h9-10,13,15,18H,5-8,11-12H2,1-4H3. The third-order valence-corrected chi connectivity index (χ3v) is 4.20. The maximum atomic E-state index is 6.01. The van der Waals surface area contributed by atoms with Gasteiger partial charge in [-0.15, -0.1) is 0 Å². The summed E-state index contributed by atoms with van der Waals surface area (Å²) in [5.74, 6) is 1.19. The first-order valence-corrected chi connectivity index (χ1v) is 8.08. The number of piperidine rings is 1. The van der Waals surface area contributed by atoms with E-state index in [0.29, 0.717) is 12.0 Å². The van der Waals surface area contributed by atoms with Gasteiger partial charge in [-0.25, -0.2) is 4.98 Å². The lowest BCUT2D eigenvalue weighted by Crippen LogP contribution is -2.40. The maximum Gasteiger partial charge on any atom is 0.213 e. The Labute approximate surface area is 128 Å². The van der Waals surface area contributed by atoms with Gasteiger partial charge in [0.05, 0.1) is 0 Å². The molecule has 2 rings (SSSR count). The summed E-state index contributed by atoms with van der Waals surface area (Å²) in [6, 6.07) is 4.75. The Morgan fingerprint density at radius 3 is 2.86 bits per heavy atom. The van der Waals surface area contributed by atoms with Crippen LogP contribution >= 0.6 is 0 Å². The molecule has 1 aromatic rings. The highest BCUT2D eigenvalue weighted by Crippen LogP contribution is 2.21. The monoisotopic (exact) mass is 291 g/mol. The van der Waals surface area contributed by atoms with Gasteiger partial charge in [0.1, 0.15) is 6.61 Å². The third-order valence-electron chi connectivity index (χ3n) is 4.20. The van der Waals surface area contributed by atoms with Crippen LogP contribution < -0.4 is 10.1 Å². The largest absolute Gasteiger partial charge is 0.476 e. The molecule has 0 spiro atoms. The topological polar surface area (TPSA) is 37.4 Å². The van der Waals surface area contributed by atoms with Crippen LogP contribution in [0.5, 0.6) is 5.88 Å². The molecule has 0 bridgehead atoms. The highest BCUT2D eigenvalue weighted by Gasteiger charge is 2.19. The molecule has 1 aliphatic heterocycles. The van der Waals surface area contributed by atoms with Gasteiger partial charge in [0.25, 0.3) is 0 Å². The van der Waals surface area contributed by atoms with E-state index < -0.39 is 0 Å². The van der Waals surface area contributed by atoms with Gasteiger partial charge < -0.3 is 15.0 Å². The molecule has 1 aromatic heterocycles. The van der Waals surface area contributed by atoms with Crippen molar-refractivity contribution in [1.82, 2.24) is 15.2 Å². The SMILES string of the molecule is CNCc1cc(OCC2CCCCN2C)nc(C(C)C)c1. The molecule has 1 fully saturated rings. The number of hydrogen-bond donors (Lipinski definition) is 1. The molecular formula is C17H29N3O. The van der Waals surface area contributed by atoms with Crippen LogP contribution in [0.25, 0.3) is 0 Å². The Bertz CT molecular complexity index is 448. The fourth-order valence-corrected chi connectivity index (χ4v) is 2.79. The molecule has 0 amide bonds. The summed E-state index contributed by atoms with van der Waals surface area (Å²) < 4.78 is 6.01. The molecule has 1 N–H and O–H groups in total. The minimum Gasteiger partial charge on any atom is -0.476 e. The van der Waals surface area contributed by atoms with Gasteiger partial charge in [0, 0.05) is 24.3 Å². The van der Waals surface area contributed by atoms with Crippen molar-refractivity contribution in [3.05, 3.63) is 23.4 Å². The van der Waals surface area contributed by atoms with Crippen molar-refractivity contribution >= 4 is 0 Å². The number of pyridine rings is 1. The van der Waals surface area contributed by atoms with Crippen molar-refractivity contribution in [2.75, 3.05) is 27.2 Å². The zero-order valence-electron chi connectivity index (χ0n) is 13.9. The van der Waals surface area contributed by atoms with Crippen LogP contribution in [-0.4, -0.2) is 43.2 Å². The van der Waals surface area contributed by atoms with Crippen LogP contribution in [0.3, 0.4) is 0 Å². The molecule has 4 nitrogen and oxygen atoms in total. The maximum absolute atomic E-state index is 6.01. The summed E-state index contributed by atoms with van der Waals surface area (Å²) in [6.07, 6.45) is 3.84. The molecule has 4 heteroatoms. The third kappa shape index (κ3) is 4.68. The van der Waals surface area contributed by atoms with Crippen molar-refractivity contribution in [3.63, 3.8) is 0 Å². The van der Waals surface area contributed by atoms with Crippen molar-refractivity contribution < 1.29 is 4.74 Å². The van der Waals surface area contributed by atoms with Crippen LogP contribution in [0.4, 0.5) is 0 Å². The zero-order chi connectivity index (χ0) is 15.2. The number of nitrogens with zero attached hydrogens (tertiary/aromatic N) is 2. The van der Waals surface area contributed by atoms with Crippen molar-refractivity contribution in [2.24, 2.45) is 0 Å². The van der Waals surface area contributed by atoms with Gasteiger partial charge in [-0.3, -0.25) is 0 Å². The van der Waals surface area contributed by atoms with Gasteiger partial charge in [0.2, 0.25) is 5.88 Å². The van der Waals surface area contributed by atoms with E-state index in [-0.39, 0.29) is 0 Å². The lowest BCUT2D eigenvalue weighted by Gasteiger charge is -2.32. The van der Waals surface area contributed by atoms with Crippen molar-refractivity contribution in [2.45, 2.75) is 51.6 Å². The molecule has 21 heavy (non-hydrogen) atoms. The molecule has 1 unspecified atom stereocenters. The molecule has 1 atom stereocenters. The second-order valence-corrected chi connectivity index (χ2v) is 6.36. The minimum atomic E-state index is 0.418. The van der Waals surface area contributed by atoms with E-state index in [4.69, 9.17) is 4.74 Å². The van der Waals surface area contributed by atoms with E-state index in [1.54, 1.807) is 0 Å². The summed E-state index contributed by atoms with van der Waals surface area (Å²) >= 11 is 0. The van der Waals surface area contributed by atoms with Crippen molar-refractivity contribution in [1.29, 1.82) is 0 Å². The predicted octanol–water partition coefficient (Wildman–Crippen LogP) is 2.79. The summed E-state index contributed by atoms with van der Waals surface area (Å²) in [5.41, 5.74) is 2.35. The van der Waals surface area contributed by atoms with Crippen LogP contribution in [0.2, 0.25) is 0 Å². The van der Waals surface area contributed by atoms with Crippen LogP contribution in [-0.2, 0) is 6.54 Å². The van der Waals surface area contributed by atoms with E-state index in [1.165, 1.54) is 31.4 Å². The second kappa shape index (κ2) is 7.76. The molecular weight excluding hydrogens is 262 g/mol. The van der Waals surface area contributed by atoms with Crippen LogP contribution in [0, 0.1) is 0 Å². The fraction of sp³-hybridized carbons (Fsp3) is 0.706. The van der Waals surface area contributed by atoms with E-state index in [1.807, 2.05) is 7.05 Å². The zero-order valence-corrected chi connectivity index (χ0v) is 13.9. The molecule has 0 aromatic carbocycles. The van der Waals surface area contributed by atoms with E-state index >= 15 is 0 Å². The number of aromatic nitrogens is 1. The van der Waals surface area contributed by atoms with Gasteiger partial charge in [-0.05, 0) is 51.0 Å². The first-order chi connectivity index (χ1) is 10.1. The van der Waals surface area contributed by atoms with Crippen LogP contribution in [0.1, 0.15) is 50.3 Å². The van der Waals surface area contributed by atoms with Gasteiger partial charge in [0.15, 0.2) is 0 Å². The average molecular weight is 291 g/mol. The first kappa shape index (κ1) is 16.2. The number of nitrogens with one attached hydrogen (secondary N) is 1. The van der Waals surface area contributed by atoms with E-state index in [2.05, 4.69) is 48.2 Å². The lowest BCUT2D eigenvalue weighted by atomic mass is 10.0.